The number of furan rings is 1. The van der Waals surface area contributed by atoms with Crippen LogP contribution in [0.3, 0.4) is 0 Å². The van der Waals surface area contributed by atoms with Gasteiger partial charge in [0.15, 0.2) is 0 Å². The van der Waals surface area contributed by atoms with Gasteiger partial charge in [0.05, 0.1) is 24.3 Å². The number of carbonyl (C=O) groups is 2. The molecule has 0 aliphatic rings. The van der Waals surface area contributed by atoms with E-state index in [1.807, 2.05) is 31.2 Å². The van der Waals surface area contributed by atoms with E-state index in [1.165, 1.54) is 12.4 Å². The molecule has 9 nitrogen and oxygen atoms in total. The van der Waals surface area contributed by atoms with Crippen molar-refractivity contribution in [2.75, 3.05) is 21.7 Å². The van der Waals surface area contributed by atoms with E-state index in [9.17, 15) is 9.59 Å². The molecule has 0 unspecified atom stereocenters. The normalized spacial score (nSPS) is 10.6. The third-order valence-corrected chi connectivity index (χ3v) is 5.72. The summed E-state index contributed by atoms with van der Waals surface area (Å²) >= 11 is 0. The predicted molar refractivity (Wildman–Crippen MR) is 147 cm³/mol. The lowest BCUT2D eigenvalue weighted by atomic mass is 10.1. The number of nitrogens with one attached hydrogen (secondary N) is 3. The Morgan fingerprint density at radius 2 is 1.58 bits per heavy atom. The predicted octanol–water partition coefficient (Wildman–Crippen LogP) is 5.88. The van der Waals surface area contributed by atoms with Crippen LogP contribution < -0.4 is 21.7 Å². The maximum atomic E-state index is 13.0. The lowest BCUT2D eigenvalue weighted by molar-refractivity contribution is 0.101. The minimum Gasteiger partial charge on any atom is -0.464 e. The van der Waals surface area contributed by atoms with Crippen molar-refractivity contribution in [1.29, 1.82) is 0 Å². The molecule has 0 saturated heterocycles. The highest BCUT2D eigenvalue weighted by Gasteiger charge is 2.14. The average Bonchev–Trinajstić information content (AvgIpc) is 3.46. The second-order valence-corrected chi connectivity index (χ2v) is 8.54. The van der Waals surface area contributed by atoms with Gasteiger partial charge in [0, 0.05) is 33.8 Å². The summed E-state index contributed by atoms with van der Waals surface area (Å²) in [6.45, 7) is 1.82. The second kappa shape index (κ2) is 10.7. The maximum absolute atomic E-state index is 13.0. The van der Waals surface area contributed by atoms with Crippen LogP contribution in [-0.2, 0) is 0 Å². The molecule has 5 aromatic rings. The summed E-state index contributed by atoms with van der Waals surface area (Å²) in [5.41, 5.74) is 10.5. The number of amides is 2. The molecular weight excluding hydrogens is 480 g/mol. The zero-order valence-corrected chi connectivity index (χ0v) is 20.4. The van der Waals surface area contributed by atoms with Gasteiger partial charge in [-0.25, -0.2) is 9.97 Å². The van der Waals surface area contributed by atoms with Gasteiger partial charge in [0.2, 0.25) is 5.95 Å². The monoisotopic (exact) mass is 504 g/mol. The second-order valence-electron chi connectivity index (χ2n) is 8.54. The number of hydrogen-bond donors (Lipinski definition) is 4. The lowest BCUT2D eigenvalue weighted by Crippen LogP contribution is -2.16. The summed E-state index contributed by atoms with van der Waals surface area (Å²) in [6, 6.07) is 23.1. The summed E-state index contributed by atoms with van der Waals surface area (Å²) in [4.78, 5) is 34.4. The highest BCUT2D eigenvalue weighted by molar-refractivity contribution is 6.08. The first-order valence-corrected chi connectivity index (χ1v) is 11.8. The third kappa shape index (κ3) is 5.68. The molecular formula is C29H24N6O3. The van der Waals surface area contributed by atoms with E-state index < -0.39 is 0 Å². The highest BCUT2D eigenvalue weighted by atomic mass is 16.3. The molecule has 0 aliphatic carbocycles. The Bertz CT molecular complexity index is 1600. The Hall–Kier alpha value is -5.44. The molecule has 0 fully saturated rings. The third-order valence-electron chi connectivity index (χ3n) is 5.72. The average molecular weight is 505 g/mol. The Morgan fingerprint density at radius 1 is 0.789 bits per heavy atom. The fourth-order valence-electron chi connectivity index (χ4n) is 3.81. The van der Waals surface area contributed by atoms with Gasteiger partial charge in [-0.1, -0.05) is 24.3 Å². The smallest absolute Gasteiger partial charge is 0.256 e. The molecule has 0 atom stereocenters. The van der Waals surface area contributed by atoms with Crippen molar-refractivity contribution in [3.05, 3.63) is 114 Å². The molecule has 0 spiro atoms. The molecule has 5 rings (SSSR count). The summed E-state index contributed by atoms with van der Waals surface area (Å²) < 4.78 is 5.42. The molecule has 2 amide bonds. The van der Waals surface area contributed by atoms with Crippen LogP contribution >= 0.6 is 0 Å². The summed E-state index contributed by atoms with van der Waals surface area (Å²) in [6.07, 6.45) is 4.60. The molecule has 188 valence electrons. The molecule has 0 radical (unpaired) electrons. The largest absolute Gasteiger partial charge is 0.464 e. The molecule has 2 aromatic heterocycles. The van der Waals surface area contributed by atoms with E-state index in [1.54, 1.807) is 60.9 Å². The van der Waals surface area contributed by atoms with E-state index in [2.05, 4.69) is 25.9 Å². The number of nitrogens with two attached hydrogens (primary N) is 1. The molecule has 38 heavy (non-hydrogen) atoms. The van der Waals surface area contributed by atoms with Crippen LogP contribution in [0.1, 0.15) is 26.3 Å². The molecule has 0 aliphatic heterocycles. The quantitative estimate of drug-likeness (QED) is 0.203. The molecule has 0 saturated carbocycles. The Labute approximate surface area is 218 Å². The van der Waals surface area contributed by atoms with Crippen LogP contribution in [0, 0.1) is 6.92 Å². The minimum absolute atomic E-state index is 0.301. The Kier molecular flexibility index (Phi) is 6.81. The van der Waals surface area contributed by atoms with Crippen LogP contribution in [0.15, 0.2) is 102 Å². The number of rotatable bonds is 7. The van der Waals surface area contributed by atoms with Gasteiger partial charge in [-0.2, -0.15) is 0 Å². The van der Waals surface area contributed by atoms with Gasteiger partial charge >= 0.3 is 0 Å². The van der Waals surface area contributed by atoms with Crippen LogP contribution in [0.25, 0.3) is 11.3 Å². The Morgan fingerprint density at radius 3 is 2.34 bits per heavy atom. The first-order valence-electron chi connectivity index (χ1n) is 11.8. The van der Waals surface area contributed by atoms with Crippen LogP contribution in [0.5, 0.6) is 0 Å². The van der Waals surface area contributed by atoms with E-state index in [-0.39, 0.29) is 11.8 Å². The number of carbonyl (C=O) groups excluding carboxylic acids is 2. The molecule has 9 heteroatoms. The van der Waals surface area contributed by atoms with E-state index in [0.717, 1.165) is 16.8 Å². The van der Waals surface area contributed by atoms with Gasteiger partial charge in [0.25, 0.3) is 11.8 Å². The van der Waals surface area contributed by atoms with Crippen molar-refractivity contribution in [2.24, 2.45) is 0 Å². The SMILES string of the molecule is Cc1ccc(NC(=O)c2cccc(-c3ccco3)c2)cc1C(=O)Nc1cnc(Nc2cccc(N)c2)nc1. The Balaban J connectivity index is 1.26. The summed E-state index contributed by atoms with van der Waals surface area (Å²) in [7, 11) is 0. The van der Waals surface area contributed by atoms with E-state index in [0.29, 0.717) is 39.9 Å². The van der Waals surface area contributed by atoms with Crippen molar-refractivity contribution in [1.82, 2.24) is 9.97 Å². The lowest BCUT2D eigenvalue weighted by Gasteiger charge is -2.11. The number of nitrogens with zero attached hydrogens (tertiary/aromatic N) is 2. The first-order chi connectivity index (χ1) is 18.4. The van der Waals surface area contributed by atoms with Crippen molar-refractivity contribution >= 4 is 40.5 Å². The van der Waals surface area contributed by atoms with Crippen molar-refractivity contribution < 1.29 is 14.0 Å². The first kappa shape index (κ1) is 24.3. The van der Waals surface area contributed by atoms with Crippen LogP contribution in [0.4, 0.5) is 28.7 Å². The number of anilines is 5. The molecule has 2 heterocycles. The van der Waals surface area contributed by atoms with Crippen molar-refractivity contribution in [2.45, 2.75) is 6.92 Å². The number of aromatic nitrogens is 2. The van der Waals surface area contributed by atoms with Gasteiger partial charge in [-0.05, 0) is 67.1 Å². The van der Waals surface area contributed by atoms with E-state index in [4.69, 9.17) is 10.2 Å². The van der Waals surface area contributed by atoms with E-state index >= 15 is 0 Å². The highest BCUT2D eigenvalue weighted by Crippen LogP contribution is 2.23. The molecule has 0 bridgehead atoms. The number of hydrogen-bond acceptors (Lipinski definition) is 7. The van der Waals surface area contributed by atoms with Gasteiger partial charge in [-0.3, -0.25) is 9.59 Å². The summed E-state index contributed by atoms with van der Waals surface area (Å²) in [5.74, 6) is 0.390. The zero-order valence-electron chi connectivity index (χ0n) is 20.4. The zero-order chi connectivity index (χ0) is 26.5. The number of benzene rings is 3. The number of nitrogen functional groups attached to an aromatic ring is 1. The summed E-state index contributed by atoms with van der Waals surface area (Å²) in [5, 5.41) is 8.72. The van der Waals surface area contributed by atoms with Crippen LogP contribution in [0.2, 0.25) is 0 Å². The topological polar surface area (TPSA) is 135 Å². The van der Waals surface area contributed by atoms with Gasteiger partial charge in [-0.15, -0.1) is 0 Å². The fourth-order valence-corrected chi connectivity index (χ4v) is 3.81. The minimum atomic E-state index is -0.349. The molecule has 3 aromatic carbocycles. The molecule has 5 N–H and O–H groups in total. The van der Waals surface area contributed by atoms with Crippen molar-refractivity contribution in [3.8, 4) is 11.3 Å². The van der Waals surface area contributed by atoms with Gasteiger partial charge < -0.3 is 26.1 Å². The maximum Gasteiger partial charge on any atom is 0.256 e. The van der Waals surface area contributed by atoms with Crippen molar-refractivity contribution in [3.63, 3.8) is 0 Å². The number of aryl methyl sites for hydroxylation is 1. The van der Waals surface area contributed by atoms with Gasteiger partial charge in [0.1, 0.15) is 5.76 Å². The fraction of sp³-hybridized carbons (Fsp3) is 0.0345. The standard InChI is InChI=1S/C29H24N6O3/c1-18-10-11-23(33-27(36)20-6-2-5-19(13-20)26-9-4-12-38-26)15-25(18)28(37)34-24-16-31-29(32-17-24)35-22-8-3-7-21(30)14-22/h2-17H,30H2,1H3,(H,33,36)(H,34,37)(H,31,32,35). The van der Waals surface area contributed by atoms with Crippen LogP contribution in [-0.4, -0.2) is 21.8 Å².